The van der Waals surface area contributed by atoms with E-state index in [9.17, 15) is 0 Å². The fourth-order valence-corrected chi connectivity index (χ4v) is 6.05. The van der Waals surface area contributed by atoms with E-state index in [0.29, 0.717) is 35.5 Å². The molecule has 0 radical (unpaired) electrons. The summed E-state index contributed by atoms with van der Waals surface area (Å²) in [6, 6.07) is 9.97. The highest BCUT2D eigenvalue weighted by Crippen LogP contribution is 2.34. The average Bonchev–Trinajstić information content (AvgIpc) is 2.73. The zero-order valence-electron chi connectivity index (χ0n) is 26.7. The second-order valence-electron chi connectivity index (χ2n) is 14.4. The van der Waals surface area contributed by atoms with Crippen LogP contribution in [0.3, 0.4) is 0 Å². The number of hydrogen-bond acceptors (Lipinski definition) is 0. The van der Waals surface area contributed by atoms with Gasteiger partial charge < -0.3 is 0 Å². The summed E-state index contributed by atoms with van der Waals surface area (Å²) in [5.74, 6) is 4.01. The lowest BCUT2D eigenvalue weighted by Gasteiger charge is -2.26. The van der Waals surface area contributed by atoms with Crippen molar-refractivity contribution in [2.75, 3.05) is 0 Å². The predicted octanol–water partition coefficient (Wildman–Crippen LogP) is 10.5. The highest BCUT2D eigenvalue weighted by Gasteiger charge is 2.22. The average molecular weight is 505 g/mol. The van der Waals surface area contributed by atoms with Gasteiger partial charge in [-0.3, -0.25) is 0 Å². The molecule has 0 bridgehead atoms. The van der Waals surface area contributed by atoms with Crippen LogP contribution in [0.5, 0.6) is 0 Å². The molecule has 0 heterocycles. The van der Waals surface area contributed by atoms with E-state index < -0.39 is 0 Å². The van der Waals surface area contributed by atoms with E-state index in [1.165, 1.54) is 38.5 Å². The maximum Gasteiger partial charge on any atom is -0.00146 e. The minimum atomic E-state index is 0.663. The summed E-state index contributed by atoms with van der Waals surface area (Å²) in [5.41, 5.74) is 13.1. The first-order valence-electron chi connectivity index (χ1n) is 15.5. The molecule has 0 aliphatic rings. The Balaban J connectivity index is 2.86. The van der Waals surface area contributed by atoms with E-state index in [1.54, 1.807) is 44.5 Å². The third-order valence-electron chi connectivity index (χ3n) is 7.34. The summed E-state index contributed by atoms with van der Waals surface area (Å²) in [5, 5.41) is 0. The van der Waals surface area contributed by atoms with Crippen molar-refractivity contribution in [3.8, 4) is 0 Å². The first-order chi connectivity index (χ1) is 17.3. The highest BCUT2D eigenvalue weighted by molar-refractivity contribution is 5.50. The summed E-state index contributed by atoms with van der Waals surface area (Å²) in [6.45, 7) is 28.6. The zero-order chi connectivity index (χ0) is 27.9. The Hall–Kier alpha value is -1.56. The molecule has 2 aromatic carbocycles. The quantitative estimate of drug-likeness (QED) is 0.240. The largest absolute Gasteiger partial charge is 0.0625 e. The minimum absolute atomic E-state index is 0.663. The van der Waals surface area contributed by atoms with Gasteiger partial charge in [0.15, 0.2) is 0 Å². The van der Waals surface area contributed by atoms with Crippen LogP contribution >= 0.6 is 0 Å². The van der Waals surface area contributed by atoms with E-state index in [4.69, 9.17) is 0 Å². The molecule has 0 N–H and O–H groups in total. The monoisotopic (exact) mass is 504 g/mol. The van der Waals surface area contributed by atoms with Crippen molar-refractivity contribution in [3.63, 3.8) is 0 Å². The van der Waals surface area contributed by atoms with E-state index >= 15 is 0 Å². The van der Waals surface area contributed by atoms with Gasteiger partial charge in [0.1, 0.15) is 0 Å². The summed E-state index contributed by atoms with van der Waals surface area (Å²) < 4.78 is 0. The van der Waals surface area contributed by atoms with E-state index in [0.717, 1.165) is 6.42 Å². The molecule has 2 aromatic rings. The number of rotatable bonds is 14. The molecular weight excluding hydrogens is 444 g/mol. The normalized spacial score (nSPS) is 12.4. The van der Waals surface area contributed by atoms with Crippen molar-refractivity contribution >= 4 is 0 Å². The molecule has 37 heavy (non-hydrogen) atoms. The Morgan fingerprint density at radius 1 is 0.324 bits per heavy atom. The molecule has 2 rings (SSSR count). The van der Waals surface area contributed by atoms with Crippen molar-refractivity contribution in [2.45, 2.75) is 128 Å². The van der Waals surface area contributed by atoms with Crippen LogP contribution in [0, 0.1) is 35.5 Å². The predicted molar refractivity (Wildman–Crippen MR) is 167 cm³/mol. The second-order valence-corrected chi connectivity index (χ2v) is 14.4. The van der Waals surface area contributed by atoms with Crippen LogP contribution in [0.15, 0.2) is 24.3 Å². The standard InChI is InChI=1S/C37H60/c1-24(2)17-30-13-15-32(19-26(5)6)36(34(30)21-28(9)10)23-37-33(20-27(7)8)16-14-31(18-25(3)4)35(37)22-29(11)12/h13-16,24-29H,17-23H2,1-12H3. The highest BCUT2D eigenvalue weighted by atomic mass is 14.3. The fraction of sp³-hybridized carbons (Fsp3) is 0.676. The Bertz CT molecular complexity index is 889. The molecular formula is C37H60. The lowest BCUT2D eigenvalue weighted by atomic mass is 9.78. The molecule has 0 heteroatoms. The molecule has 0 saturated heterocycles. The lowest BCUT2D eigenvalue weighted by Crippen LogP contribution is -2.15. The summed E-state index contributed by atoms with van der Waals surface area (Å²) >= 11 is 0. The molecule has 0 nitrogen and oxygen atoms in total. The zero-order valence-corrected chi connectivity index (χ0v) is 26.7. The van der Waals surface area contributed by atoms with Crippen molar-refractivity contribution in [1.82, 2.24) is 0 Å². The SMILES string of the molecule is CC(C)Cc1ccc(CC(C)C)c(CC(C)C)c1Cc1c(CC(C)C)ccc(CC(C)C)c1CC(C)C. The molecule has 0 unspecified atom stereocenters. The molecule has 0 fully saturated rings. The van der Waals surface area contributed by atoms with Crippen LogP contribution in [-0.2, 0) is 44.9 Å². The van der Waals surface area contributed by atoms with Gasteiger partial charge >= 0.3 is 0 Å². The van der Waals surface area contributed by atoms with Crippen LogP contribution in [0.4, 0.5) is 0 Å². The van der Waals surface area contributed by atoms with Crippen LogP contribution in [-0.4, -0.2) is 0 Å². The first kappa shape index (κ1) is 31.7. The smallest absolute Gasteiger partial charge is 0.00146 e. The Morgan fingerprint density at radius 2 is 0.541 bits per heavy atom. The van der Waals surface area contributed by atoms with E-state index in [1.807, 2.05) is 0 Å². The molecule has 0 atom stereocenters. The van der Waals surface area contributed by atoms with Gasteiger partial charge in [0.25, 0.3) is 0 Å². The van der Waals surface area contributed by atoms with E-state index in [-0.39, 0.29) is 0 Å². The van der Waals surface area contributed by atoms with Crippen LogP contribution < -0.4 is 0 Å². The van der Waals surface area contributed by atoms with Gasteiger partial charge in [-0.1, -0.05) is 107 Å². The maximum atomic E-state index is 2.50. The maximum absolute atomic E-state index is 2.50. The van der Waals surface area contributed by atoms with Crippen molar-refractivity contribution in [2.24, 2.45) is 35.5 Å². The lowest BCUT2D eigenvalue weighted by molar-refractivity contribution is 0.599. The number of benzene rings is 2. The Labute approximate surface area is 232 Å². The van der Waals surface area contributed by atoms with E-state index in [2.05, 4.69) is 107 Å². The van der Waals surface area contributed by atoms with Gasteiger partial charge in [-0.15, -0.1) is 0 Å². The Kier molecular flexibility index (Phi) is 12.5. The van der Waals surface area contributed by atoms with Gasteiger partial charge in [0.2, 0.25) is 0 Å². The van der Waals surface area contributed by atoms with Crippen LogP contribution in [0.1, 0.15) is 128 Å². The topological polar surface area (TPSA) is 0 Å². The van der Waals surface area contributed by atoms with Gasteiger partial charge in [-0.25, -0.2) is 0 Å². The summed E-state index contributed by atoms with van der Waals surface area (Å²) in [4.78, 5) is 0. The third kappa shape index (κ3) is 9.92. The third-order valence-corrected chi connectivity index (χ3v) is 7.34. The van der Waals surface area contributed by atoms with Gasteiger partial charge in [0, 0.05) is 0 Å². The summed E-state index contributed by atoms with van der Waals surface area (Å²) in [6.07, 6.45) is 8.19. The molecule has 0 aliphatic carbocycles. The first-order valence-corrected chi connectivity index (χ1v) is 15.5. The van der Waals surface area contributed by atoms with Crippen molar-refractivity contribution < 1.29 is 0 Å². The summed E-state index contributed by atoms with van der Waals surface area (Å²) in [7, 11) is 0. The van der Waals surface area contributed by atoms with Crippen molar-refractivity contribution in [3.05, 3.63) is 68.8 Å². The van der Waals surface area contributed by atoms with Gasteiger partial charge in [-0.2, -0.15) is 0 Å². The molecule has 0 aromatic heterocycles. The molecule has 208 valence electrons. The minimum Gasteiger partial charge on any atom is -0.0625 e. The van der Waals surface area contributed by atoms with Gasteiger partial charge in [-0.05, 0) is 125 Å². The van der Waals surface area contributed by atoms with Crippen LogP contribution in [0.25, 0.3) is 0 Å². The molecule has 0 saturated carbocycles. The van der Waals surface area contributed by atoms with Crippen molar-refractivity contribution in [1.29, 1.82) is 0 Å². The van der Waals surface area contributed by atoms with Crippen LogP contribution in [0.2, 0.25) is 0 Å². The second kappa shape index (κ2) is 14.6. The number of hydrogen-bond donors (Lipinski definition) is 0. The molecule has 0 spiro atoms. The van der Waals surface area contributed by atoms with Gasteiger partial charge in [0.05, 0.1) is 0 Å². The fourth-order valence-electron chi connectivity index (χ4n) is 6.05. The Morgan fingerprint density at radius 3 is 0.757 bits per heavy atom. The molecule has 0 amide bonds. The molecule has 0 aliphatic heterocycles.